The van der Waals surface area contributed by atoms with E-state index in [2.05, 4.69) is 16.9 Å². The summed E-state index contributed by atoms with van der Waals surface area (Å²) in [6.07, 6.45) is 2.99. The lowest BCUT2D eigenvalue weighted by Crippen LogP contribution is -1.95. The fourth-order valence-electron chi connectivity index (χ4n) is 1.65. The highest BCUT2D eigenvalue weighted by molar-refractivity contribution is 6.32. The Morgan fingerprint density at radius 3 is 2.88 bits per heavy atom. The number of hydrogen-bond donors (Lipinski definition) is 0. The van der Waals surface area contributed by atoms with E-state index < -0.39 is 0 Å². The van der Waals surface area contributed by atoms with E-state index in [0.29, 0.717) is 17.5 Å². The van der Waals surface area contributed by atoms with Crippen molar-refractivity contribution >= 4 is 17.9 Å². The summed E-state index contributed by atoms with van der Waals surface area (Å²) in [5.74, 6) is 0. The Kier molecular flexibility index (Phi) is 3.49. The quantitative estimate of drug-likeness (QED) is 0.617. The van der Waals surface area contributed by atoms with Gasteiger partial charge in [-0.05, 0) is 18.1 Å². The third-order valence-electron chi connectivity index (χ3n) is 2.56. The fourth-order valence-corrected chi connectivity index (χ4v) is 1.82. The van der Waals surface area contributed by atoms with Gasteiger partial charge in [0.1, 0.15) is 11.5 Å². The molecule has 0 bridgehead atoms. The molecule has 1 aromatic heterocycles. The number of rotatable bonds is 3. The number of halogens is 1. The Bertz CT molecular complexity index is 555. The van der Waals surface area contributed by atoms with Gasteiger partial charge in [-0.1, -0.05) is 36.7 Å². The van der Waals surface area contributed by atoms with Gasteiger partial charge in [0.25, 0.3) is 0 Å². The fraction of sp³-hybridized carbons (Fsp3) is 0.154. The maximum atomic E-state index is 11.0. The molecule has 17 heavy (non-hydrogen) atoms. The minimum atomic E-state index is 0.187. The van der Waals surface area contributed by atoms with E-state index in [9.17, 15) is 4.79 Å². The van der Waals surface area contributed by atoms with Gasteiger partial charge in [0, 0.05) is 5.56 Å². The van der Waals surface area contributed by atoms with Crippen LogP contribution in [0.5, 0.6) is 0 Å². The number of aldehydes is 1. The summed E-state index contributed by atoms with van der Waals surface area (Å²) < 4.78 is 0. The van der Waals surface area contributed by atoms with Crippen LogP contribution in [0.3, 0.4) is 0 Å². The smallest absolute Gasteiger partial charge is 0.155 e. The molecule has 0 saturated heterocycles. The van der Waals surface area contributed by atoms with E-state index in [4.69, 9.17) is 11.6 Å². The molecule has 3 nitrogen and oxygen atoms in total. The molecule has 0 aliphatic heterocycles. The largest absolute Gasteiger partial charge is 0.298 e. The van der Waals surface area contributed by atoms with E-state index in [1.165, 1.54) is 11.9 Å². The van der Waals surface area contributed by atoms with E-state index in [-0.39, 0.29) is 5.15 Å². The summed E-state index contributed by atoms with van der Waals surface area (Å²) in [6.45, 7) is 2.08. The molecule has 1 aromatic carbocycles. The number of carbonyl (C=O) groups excluding carboxylic acids is 1. The standard InChI is InChI=1S/C13H11ClN2O/c1-2-9-4-3-5-10(6-9)12-11(7-17)13(14)16-8-15-12/h3-8H,2H2,1H3. The van der Waals surface area contributed by atoms with Crippen LogP contribution >= 0.6 is 11.6 Å². The van der Waals surface area contributed by atoms with Crippen LogP contribution in [0.1, 0.15) is 22.8 Å². The molecule has 0 spiro atoms. The number of hydrogen-bond acceptors (Lipinski definition) is 3. The summed E-state index contributed by atoms with van der Waals surface area (Å²) in [6, 6.07) is 7.89. The van der Waals surface area contributed by atoms with Crippen LogP contribution in [0.25, 0.3) is 11.3 Å². The molecule has 4 heteroatoms. The zero-order chi connectivity index (χ0) is 12.3. The number of aryl methyl sites for hydroxylation is 1. The SMILES string of the molecule is CCc1cccc(-c2ncnc(Cl)c2C=O)c1. The summed E-state index contributed by atoms with van der Waals surface area (Å²) >= 11 is 5.87. The molecule has 0 saturated carbocycles. The van der Waals surface area contributed by atoms with Gasteiger partial charge in [-0.3, -0.25) is 4.79 Å². The zero-order valence-electron chi connectivity index (χ0n) is 9.35. The highest BCUT2D eigenvalue weighted by atomic mass is 35.5. The molecule has 0 fully saturated rings. The van der Waals surface area contributed by atoms with Gasteiger partial charge in [0.05, 0.1) is 11.3 Å². The predicted octanol–water partition coefficient (Wildman–Crippen LogP) is 3.17. The van der Waals surface area contributed by atoms with Crippen molar-refractivity contribution in [2.45, 2.75) is 13.3 Å². The Labute approximate surface area is 104 Å². The van der Waals surface area contributed by atoms with Gasteiger partial charge in [-0.25, -0.2) is 9.97 Å². The third kappa shape index (κ3) is 2.34. The molecular weight excluding hydrogens is 236 g/mol. The average molecular weight is 247 g/mol. The van der Waals surface area contributed by atoms with E-state index in [0.717, 1.165) is 12.0 Å². The second-order valence-electron chi connectivity index (χ2n) is 3.60. The maximum Gasteiger partial charge on any atom is 0.155 e. The van der Waals surface area contributed by atoms with Crippen molar-refractivity contribution in [2.24, 2.45) is 0 Å². The molecule has 0 N–H and O–H groups in total. The van der Waals surface area contributed by atoms with Gasteiger partial charge in [-0.2, -0.15) is 0 Å². The Morgan fingerprint density at radius 1 is 1.35 bits per heavy atom. The maximum absolute atomic E-state index is 11.0. The van der Waals surface area contributed by atoms with Crippen LogP contribution in [0.4, 0.5) is 0 Å². The lowest BCUT2D eigenvalue weighted by Gasteiger charge is -2.06. The Hall–Kier alpha value is -1.74. The molecule has 2 rings (SSSR count). The summed E-state index contributed by atoms with van der Waals surface area (Å²) in [5, 5.41) is 0.187. The lowest BCUT2D eigenvalue weighted by atomic mass is 10.0. The molecule has 86 valence electrons. The van der Waals surface area contributed by atoms with E-state index in [1.807, 2.05) is 24.3 Å². The number of nitrogens with zero attached hydrogens (tertiary/aromatic N) is 2. The monoisotopic (exact) mass is 246 g/mol. The average Bonchev–Trinajstić information content (AvgIpc) is 2.38. The normalized spacial score (nSPS) is 10.2. The van der Waals surface area contributed by atoms with Gasteiger partial charge in [-0.15, -0.1) is 0 Å². The predicted molar refractivity (Wildman–Crippen MR) is 67.2 cm³/mol. The second-order valence-corrected chi connectivity index (χ2v) is 3.96. The first-order chi connectivity index (χ1) is 8.26. The van der Waals surface area contributed by atoms with Crippen molar-refractivity contribution < 1.29 is 4.79 Å². The molecule has 1 heterocycles. The summed E-state index contributed by atoms with van der Waals surface area (Å²) in [5.41, 5.74) is 2.99. The molecular formula is C13H11ClN2O. The van der Waals surface area contributed by atoms with Crippen molar-refractivity contribution in [3.8, 4) is 11.3 Å². The molecule has 0 aliphatic carbocycles. The Balaban J connectivity index is 2.59. The molecule has 0 unspecified atom stereocenters. The first-order valence-electron chi connectivity index (χ1n) is 5.31. The minimum absolute atomic E-state index is 0.187. The molecule has 0 radical (unpaired) electrons. The number of benzene rings is 1. The summed E-state index contributed by atoms with van der Waals surface area (Å²) in [7, 11) is 0. The van der Waals surface area contributed by atoms with Crippen LogP contribution in [0.2, 0.25) is 5.15 Å². The van der Waals surface area contributed by atoms with Gasteiger partial charge >= 0.3 is 0 Å². The highest BCUT2D eigenvalue weighted by Crippen LogP contribution is 2.24. The zero-order valence-corrected chi connectivity index (χ0v) is 10.1. The van der Waals surface area contributed by atoms with Crippen molar-refractivity contribution in [2.75, 3.05) is 0 Å². The molecule has 0 atom stereocenters. The molecule has 0 amide bonds. The Morgan fingerprint density at radius 2 is 2.18 bits per heavy atom. The first-order valence-corrected chi connectivity index (χ1v) is 5.69. The van der Waals surface area contributed by atoms with Crippen LogP contribution in [-0.4, -0.2) is 16.3 Å². The lowest BCUT2D eigenvalue weighted by molar-refractivity contribution is 0.112. The van der Waals surface area contributed by atoms with E-state index in [1.54, 1.807) is 0 Å². The van der Waals surface area contributed by atoms with Crippen LogP contribution in [0.15, 0.2) is 30.6 Å². The second kappa shape index (κ2) is 5.06. The topological polar surface area (TPSA) is 42.9 Å². The summed E-state index contributed by atoms with van der Waals surface area (Å²) in [4.78, 5) is 18.9. The van der Waals surface area contributed by atoms with Crippen LogP contribution in [-0.2, 0) is 6.42 Å². The van der Waals surface area contributed by atoms with E-state index >= 15 is 0 Å². The number of carbonyl (C=O) groups is 1. The number of aromatic nitrogens is 2. The van der Waals surface area contributed by atoms with Crippen molar-refractivity contribution in [3.05, 3.63) is 46.9 Å². The van der Waals surface area contributed by atoms with Gasteiger partial charge in [0.2, 0.25) is 0 Å². The van der Waals surface area contributed by atoms with Gasteiger partial charge in [0.15, 0.2) is 6.29 Å². The molecule has 0 aliphatic rings. The van der Waals surface area contributed by atoms with Gasteiger partial charge < -0.3 is 0 Å². The van der Waals surface area contributed by atoms with Crippen molar-refractivity contribution in [3.63, 3.8) is 0 Å². The van der Waals surface area contributed by atoms with Crippen molar-refractivity contribution in [1.29, 1.82) is 0 Å². The van der Waals surface area contributed by atoms with Crippen LogP contribution < -0.4 is 0 Å². The van der Waals surface area contributed by atoms with Crippen molar-refractivity contribution in [1.82, 2.24) is 9.97 Å². The minimum Gasteiger partial charge on any atom is -0.298 e. The molecule has 2 aromatic rings. The van der Waals surface area contributed by atoms with Crippen LogP contribution in [0, 0.1) is 0 Å². The first kappa shape index (κ1) is 11.7. The third-order valence-corrected chi connectivity index (χ3v) is 2.86. The highest BCUT2D eigenvalue weighted by Gasteiger charge is 2.10.